The van der Waals surface area contributed by atoms with E-state index in [1.54, 1.807) is 29.3 Å². The van der Waals surface area contributed by atoms with Gasteiger partial charge in [0.15, 0.2) is 0 Å². The minimum absolute atomic E-state index is 0.0483. The van der Waals surface area contributed by atoms with Gasteiger partial charge in [-0.2, -0.15) is 20.5 Å². The third-order valence-corrected chi connectivity index (χ3v) is 3.83. The fourth-order valence-electron chi connectivity index (χ4n) is 2.70. The van der Waals surface area contributed by atoms with Crippen LogP contribution in [0, 0.1) is 0 Å². The number of fused-ring (bicyclic) bond motifs is 1. The molecule has 0 unspecified atom stereocenters. The Morgan fingerprint density at radius 1 is 1.27 bits per heavy atom. The molecule has 2 N–H and O–H groups in total. The second-order valence-electron chi connectivity index (χ2n) is 5.13. The molecule has 8 nitrogen and oxygen atoms in total. The Morgan fingerprint density at radius 2 is 2.18 bits per heavy atom. The summed E-state index contributed by atoms with van der Waals surface area (Å²) in [6, 6.07) is 7.02. The van der Waals surface area contributed by atoms with Crippen LogP contribution in [0.3, 0.4) is 0 Å². The van der Waals surface area contributed by atoms with Crippen molar-refractivity contribution in [2.24, 2.45) is 0 Å². The molecule has 1 fully saturated rings. The number of aromatic nitrogens is 5. The Labute approximate surface area is 125 Å². The van der Waals surface area contributed by atoms with Crippen LogP contribution < -0.4 is 0 Å². The fraction of sp³-hybridized carbons (Fsp3) is 0.286. The number of benzene rings is 1. The van der Waals surface area contributed by atoms with E-state index in [9.17, 15) is 4.79 Å². The molecule has 1 aliphatic heterocycles. The molecular formula is C14H14N6O2. The number of hydrogen-bond donors (Lipinski definition) is 2. The monoisotopic (exact) mass is 298 g/mol. The normalized spacial score (nSPS) is 18.7. The molecule has 8 heteroatoms. The van der Waals surface area contributed by atoms with Crippen molar-refractivity contribution in [2.75, 3.05) is 19.8 Å². The van der Waals surface area contributed by atoms with Gasteiger partial charge in [0.05, 0.1) is 24.9 Å². The van der Waals surface area contributed by atoms with Gasteiger partial charge in [-0.25, -0.2) is 0 Å². The van der Waals surface area contributed by atoms with Crippen LogP contribution in [0.25, 0.3) is 11.0 Å². The lowest BCUT2D eigenvalue weighted by Gasteiger charge is -2.35. The number of nitrogens with one attached hydrogen (secondary N) is 2. The quantitative estimate of drug-likeness (QED) is 0.732. The smallest absolute Gasteiger partial charge is 0.254 e. The average molecular weight is 298 g/mol. The second-order valence-corrected chi connectivity index (χ2v) is 5.13. The third-order valence-electron chi connectivity index (χ3n) is 3.83. The Hall–Kier alpha value is -2.74. The molecule has 1 aliphatic rings. The van der Waals surface area contributed by atoms with Crippen LogP contribution in [0.4, 0.5) is 0 Å². The molecule has 0 radical (unpaired) electrons. The molecule has 1 aromatic carbocycles. The minimum atomic E-state index is -0.156. The molecule has 1 saturated heterocycles. The summed E-state index contributed by atoms with van der Waals surface area (Å²) in [5.41, 5.74) is 2.88. The predicted molar refractivity (Wildman–Crippen MR) is 77.1 cm³/mol. The number of aromatic amines is 2. The Bertz CT molecular complexity index is 797. The number of amides is 1. The Morgan fingerprint density at radius 3 is 3.05 bits per heavy atom. The summed E-state index contributed by atoms with van der Waals surface area (Å²) in [5.74, 6) is -0.0483. The molecule has 112 valence electrons. The number of hydrogen-bond acceptors (Lipinski definition) is 5. The molecular weight excluding hydrogens is 284 g/mol. The number of morpholine rings is 1. The highest BCUT2D eigenvalue weighted by Gasteiger charge is 2.30. The third kappa shape index (κ3) is 2.13. The van der Waals surface area contributed by atoms with Crippen molar-refractivity contribution in [3.05, 3.63) is 41.7 Å². The lowest BCUT2D eigenvalue weighted by molar-refractivity contribution is -0.00390. The SMILES string of the molecule is O=C(c1ccc2n[nH]nc2c1)N1CCOC[C@H]1c1ccn[nH]1. The largest absolute Gasteiger partial charge is 0.377 e. The highest BCUT2D eigenvalue weighted by Crippen LogP contribution is 2.25. The molecule has 1 atom stereocenters. The van der Waals surface area contributed by atoms with E-state index in [1.165, 1.54) is 0 Å². The topological polar surface area (TPSA) is 99.8 Å². The van der Waals surface area contributed by atoms with Crippen molar-refractivity contribution in [1.29, 1.82) is 0 Å². The second kappa shape index (κ2) is 5.23. The maximum absolute atomic E-state index is 12.8. The summed E-state index contributed by atoms with van der Waals surface area (Å²) in [6.07, 6.45) is 1.67. The molecule has 3 heterocycles. The van der Waals surface area contributed by atoms with Crippen LogP contribution in [-0.4, -0.2) is 56.2 Å². The van der Waals surface area contributed by atoms with Gasteiger partial charge in [-0.15, -0.1) is 0 Å². The molecule has 22 heavy (non-hydrogen) atoms. The van der Waals surface area contributed by atoms with E-state index in [-0.39, 0.29) is 11.9 Å². The van der Waals surface area contributed by atoms with Crippen LogP contribution in [0.5, 0.6) is 0 Å². The molecule has 1 amide bonds. The van der Waals surface area contributed by atoms with E-state index >= 15 is 0 Å². The zero-order valence-electron chi connectivity index (χ0n) is 11.7. The highest BCUT2D eigenvalue weighted by atomic mass is 16.5. The lowest BCUT2D eigenvalue weighted by atomic mass is 10.1. The van der Waals surface area contributed by atoms with Crippen molar-refractivity contribution in [1.82, 2.24) is 30.5 Å². The number of H-pyrrole nitrogens is 2. The van der Waals surface area contributed by atoms with Gasteiger partial charge in [-0.1, -0.05) is 0 Å². The number of ether oxygens (including phenoxy) is 1. The lowest BCUT2D eigenvalue weighted by Crippen LogP contribution is -2.43. The Kier molecular flexibility index (Phi) is 3.08. The van der Waals surface area contributed by atoms with Gasteiger partial charge in [0, 0.05) is 18.3 Å². The molecule has 0 bridgehead atoms. The maximum Gasteiger partial charge on any atom is 0.254 e. The average Bonchev–Trinajstić information content (AvgIpc) is 3.24. The predicted octanol–water partition coefficient (Wildman–Crippen LogP) is 0.895. The van der Waals surface area contributed by atoms with Gasteiger partial charge in [0.1, 0.15) is 11.0 Å². The van der Waals surface area contributed by atoms with E-state index in [2.05, 4.69) is 25.6 Å². The van der Waals surface area contributed by atoms with E-state index in [4.69, 9.17) is 4.74 Å². The molecule has 0 spiro atoms. The van der Waals surface area contributed by atoms with E-state index in [0.717, 1.165) is 11.2 Å². The van der Waals surface area contributed by atoms with Gasteiger partial charge >= 0.3 is 0 Å². The number of rotatable bonds is 2. The van der Waals surface area contributed by atoms with E-state index in [1.807, 2.05) is 6.07 Å². The first-order chi connectivity index (χ1) is 10.8. The van der Waals surface area contributed by atoms with Crippen LogP contribution in [0.2, 0.25) is 0 Å². The maximum atomic E-state index is 12.8. The molecule has 0 aliphatic carbocycles. The van der Waals surface area contributed by atoms with Gasteiger partial charge in [-0.05, 0) is 24.3 Å². The summed E-state index contributed by atoms with van der Waals surface area (Å²) in [5, 5.41) is 17.5. The molecule has 0 saturated carbocycles. The zero-order valence-corrected chi connectivity index (χ0v) is 11.7. The van der Waals surface area contributed by atoms with Crippen molar-refractivity contribution in [3.8, 4) is 0 Å². The van der Waals surface area contributed by atoms with Crippen molar-refractivity contribution >= 4 is 16.9 Å². The summed E-state index contributed by atoms with van der Waals surface area (Å²) < 4.78 is 5.51. The highest BCUT2D eigenvalue weighted by molar-refractivity contribution is 5.97. The van der Waals surface area contributed by atoms with Gasteiger partial charge in [-0.3, -0.25) is 9.89 Å². The van der Waals surface area contributed by atoms with Crippen LogP contribution >= 0.6 is 0 Å². The van der Waals surface area contributed by atoms with Gasteiger partial charge < -0.3 is 9.64 Å². The number of nitrogens with zero attached hydrogens (tertiary/aromatic N) is 4. The minimum Gasteiger partial charge on any atom is -0.377 e. The van der Waals surface area contributed by atoms with Crippen molar-refractivity contribution in [2.45, 2.75) is 6.04 Å². The standard InChI is InChI=1S/C14H14N6O2/c21-14(9-1-2-10-12(7-9)18-19-17-10)20-5-6-22-8-13(20)11-3-4-15-16-11/h1-4,7,13H,5-6,8H2,(H,15,16)(H,17,18,19)/t13-/m0/s1. The first-order valence-electron chi connectivity index (χ1n) is 7.01. The first-order valence-corrected chi connectivity index (χ1v) is 7.01. The van der Waals surface area contributed by atoms with Crippen LogP contribution in [-0.2, 0) is 4.74 Å². The van der Waals surface area contributed by atoms with Crippen LogP contribution in [0.15, 0.2) is 30.5 Å². The number of carbonyl (C=O) groups excluding carboxylic acids is 1. The summed E-state index contributed by atoms with van der Waals surface area (Å²) >= 11 is 0. The van der Waals surface area contributed by atoms with E-state index in [0.29, 0.717) is 30.8 Å². The van der Waals surface area contributed by atoms with Gasteiger partial charge in [0.25, 0.3) is 5.91 Å². The van der Waals surface area contributed by atoms with E-state index < -0.39 is 0 Å². The van der Waals surface area contributed by atoms with Gasteiger partial charge in [0.2, 0.25) is 0 Å². The fourth-order valence-corrected chi connectivity index (χ4v) is 2.70. The first kappa shape index (κ1) is 13.0. The molecule has 4 rings (SSSR count). The molecule has 3 aromatic rings. The van der Waals surface area contributed by atoms with Crippen molar-refractivity contribution in [3.63, 3.8) is 0 Å². The zero-order chi connectivity index (χ0) is 14.9. The summed E-state index contributed by atoms with van der Waals surface area (Å²) in [4.78, 5) is 14.7. The van der Waals surface area contributed by atoms with Crippen LogP contribution in [0.1, 0.15) is 22.1 Å². The van der Waals surface area contributed by atoms with Crippen molar-refractivity contribution < 1.29 is 9.53 Å². The summed E-state index contributed by atoms with van der Waals surface area (Å²) in [7, 11) is 0. The number of carbonyl (C=O) groups is 1. The Balaban J connectivity index is 1.67. The molecule has 2 aromatic heterocycles. The summed E-state index contributed by atoms with van der Waals surface area (Å²) in [6.45, 7) is 1.53.